The number of carbonyl (C=O) groups excluding carboxylic acids is 1. The van der Waals surface area contributed by atoms with Gasteiger partial charge in [-0.1, -0.05) is 37.9 Å². The normalized spacial score (nSPS) is 16.2. The first-order valence-corrected chi connectivity index (χ1v) is 8.15. The zero-order valence-corrected chi connectivity index (χ0v) is 13.5. The van der Waals surface area contributed by atoms with Gasteiger partial charge in [-0.2, -0.15) is 0 Å². The molecule has 1 aromatic carbocycles. The van der Waals surface area contributed by atoms with E-state index in [1.54, 1.807) is 4.90 Å². The molecular weight excluding hydrogens is 280 g/mol. The molecule has 0 aliphatic heterocycles. The standard InChI is InChI=1S/C17H24N2OS/c1-19(15-10-8-14(9-11-15)17(18)21)16(20)12-13-6-4-2-3-5-7-13/h8-11,13H,2-7,12H2,1H3,(H2,18,21). The molecule has 3 nitrogen and oxygen atoms in total. The Balaban J connectivity index is 1.96. The maximum Gasteiger partial charge on any atom is 0.226 e. The molecule has 1 aliphatic carbocycles. The summed E-state index contributed by atoms with van der Waals surface area (Å²) < 4.78 is 0. The first-order valence-electron chi connectivity index (χ1n) is 7.74. The molecule has 0 aromatic heterocycles. The Morgan fingerprint density at radius 2 is 1.76 bits per heavy atom. The van der Waals surface area contributed by atoms with Crippen molar-refractivity contribution in [1.29, 1.82) is 0 Å². The SMILES string of the molecule is CN(C(=O)CC1CCCCCC1)c1ccc(C(N)=S)cc1. The fourth-order valence-electron chi connectivity index (χ4n) is 2.95. The number of nitrogens with zero attached hydrogens (tertiary/aromatic N) is 1. The van der Waals surface area contributed by atoms with Crippen LogP contribution in [0.1, 0.15) is 50.5 Å². The van der Waals surface area contributed by atoms with Gasteiger partial charge in [-0.05, 0) is 43.0 Å². The second kappa shape index (κ2) is 7.55. The second-order valence-electron chi connectivity index (χ2n) is 5.93. The maximum absolute atomic E-state index is 12.4. The van der Waals surface area contributed by atoms with Crippen molar-refractivity contribution in [2.75, 3.05) is 11.9 Å². The molecule has 0 heterocycles. The van der Waals surface area contributed by atoms with Crippen LogP contribution in [0.15, 0.2) is 24.3 Å². The number of anilines is 1. The van der Waals surface area contributed by atoms with Gasteiger partial charge in [0.1, 0.15) is 4.99 Å². The van der Waals surface area contributed by atoms with Crippen LogP contribution in [-0.2, 0) is 4.79 Å². The molecule has 0 saturated heterocycles. The predicted octanol–water partition coefficient (Wildman–Crippen LogP) is 3.64. The van der Waals surface area contributed by atoms with Crippen molar-refractivity contribution in [2.24, 2.45) is 11.7 Å². The van der Waals surface area contributed by atoms with E-state index in [0.717, 1.165) is 11.3 Å². The molecule has 21 heavy (non-hydrogen) atoms. The van der Waals surface area contributed by atoms with Crippen molar-refractivity contribution in [1.82, 2.24) is 0 Å². The third-order valence-electron chi connectivity index (χ3n) is 4.35. The minimum atomic E-state index is 0.199. The van der Waals surface area contributed by atoms with Gasteiger partial charge in [0.05, 0.1) is 0 Å². The third kappa shape index (κ3) is 4.53. The van der Waals surface area contributed by atoms with E-state index in [0.29, 0.717) is 17.3 Å². The smallest absolute Gasteiger partial charge is 0.226 e. The summed E-state index contributed by atoms with van der Waals surface area (Å²) in [5, 5.41) is 0. The van der Waals surface area contributed by atoms with Crippen molar-refractivity contribution in [3.05, 3.63) is 29.8 Å². The molecule has 0 atom stereocenters. The molecule has 1 aliphatic rings. The molecule has 0 spiro atoms. The molecule has 1 amide bonds. The molecular formula is C17H24N2OS. The van der Waals surface area contributed by atoms with Crippen LogP contribution < -0.4 is 10.6 Å². The van der Waals surface area contributed by atoms with Gasteiger partial charge in [-0.15, -0.1) is 0 Å². The number of benzene rings is 1. The van der Waals surface area contributed by atoms with Crippen molar-refractivity contribution < 1.29 is 4.79 Å². The topological polar surface area (TPSA) is 46.3 Å². The largest absolute Gasteiger partial charge is 0.389 e. The fourth-order valence-corrected chi connectivity index (χ4v) is 3.08. The van der Waals surface area contributed by atoms with Crippen molar-refractivity contribution >= 4 is 28.8 Å². The van der Waals surface area contributed by atoms with Crippen molar-refractivity contribution in [2.45, 2.75) is 44.9 Å². The predicted molar refractivity (Wildman–Crippen MR) is 91.5 cm³/mol. The van der Waals surface area contributed by atoms with Gasteiger partial charge in [0.15, 0.2) is 0 Å². The molecule has 1 saturated carbocycles. The first-order chi connectivity index (χ1) is 10.1. The van der Waals surface area contributed by atoms with Crippen molar-refractivity contribution in [3.63, 3.8) is 0 Å². The Morgan fingerprint density at radius 3 is 2.29 bits per heavy atom. The number of hydrogen-bond acceptors (Lipinski definition) is 2. The molecule has 1 fully saturated rings. The number of carbonyl (C=O) groups is 1. The molecule has 2 N–H and O–H groups in total. The monoisotopic (exact) mass is 304 g/mol. The summed E-state index contributed by atoms with van der Waals surface area (Å²) in [6.45, 7) is 0. The van der Waals surface area contributed by atoms with E-state index in [9.17, 15) is 4.79 Å². The van der Waals surface area contributed by atoms with E-state index in [4.69, 9.17) is 18.0 Å². The van der Waals surface area contributed by atoms with Crippen LogP contribution in [0.2, 0.25) is 0 Å². The Hall–Kier alpha value is -1.42. The number of amides is 1. The quantitative estimate of drug-likeness (QED) is 0.682. The molecule has 114 valence electrons. The van der Waals surface area contributed by atoms with Crippen LogP contribution in [0.5, 0.6) is 0 Å². The zero-order valence-electron chi connectivity index (χ0n) is 12.7. The third-order valence-corrected chi connectivity index (χ3v) is 4.59. The van der Waals surface area contributed by atoms with E-state index < -0.39 is 0 Å². The Morgan fingerprint density at radius 1 is 1.19 bits per heavy atom. The molecule has 0 bridgehead atoms. The lowest BCUT2D eigenvalue weighted by molar-refractivity contribution is -0.119. The van der Waals surface area contributed by atoms with Crippen LogP contribution in [-0.4, -0.2) is 17.9 Å². The van der Waals surface area contributed by atoms with Gasteiger partial charge in [0, 0.05) is 24.7 Å². The second-order valence-corrected chi connectivity index (χ2v) is 6.37. The first kappa shape index (κ1) is 16.0. The van der Waals surface area contributed by atoms with Crippen LogP contribution in [0.4, 0.5) is 5.69 Å². The number of hydrogen-bond donors (Lipinski definition) is 1. The number of thiocarbonyl (C=S) groups is 1. The average molecular weight is 304 g/mol. The highest BCUT2D eigenvalue weighted by molar-refractivity contribution is 7.80. The van der Waals surface area contributed by atoms with E-state index >= 15 is 0 Å². The number of nitrogens with two attached hydrogens (primary N) is 1. The lowest BCUT2D eigenvalue weighted by Gasteiger charge is -2.21. The van der Waals surface area contributed by atoms with Gasteiger partial charge in [-0.25, -0.2) is 0 Å². The summed E-state index contributed by atoms with van der Waals surface area (Å²) in [6, 6.07) is 7.54. The Bertz CT molecular complexity index is 490. The van der Waals surface area contributed by atoms with Gasteiger partial charge in [-0.3, -0.25) is 4.79 Å². The van der Waals surface area contributed by atoms with Gasteiger partial charge in [0.2, 0.25) is 5.91 Å². The fraction of sp³-hybridized carbons (Fsp3) is 0.529. The summed E-state index contributed by atoms with van der Waals surface area (Å²) in [4.78, 5) is 14.5. The van der Waals surface area contributed by atoms with E-state index in [1.165, 1.54) is 38.5 Å². The Kier molecular flexibility index (Phi) is 5.74. The highest BCUT2D eigenvalue weighted by Gasteiger charge is 2.19. The van der Waals surface area contributed by atoms with Gasteiger partial charge < -0.3 is 10.6 Å². The summed E-state index contributed by atoms with van der Waals surface area (Å²) in [5.41, 5.74) is 7.32. The lowest BCUT2D eigenvalue weighted by atomic mass is 9.96. The maximum atomic E-state index is 12.4. The minimum Gasteiger partial charge on any atom is -0.389 e. The van der Waals surface area contributed by atoms with Crippen molar-refractivity contribution in [3.8, 4) is 0 Å². The number of rotatable bonds is 4. The summed E-state index contributed by atoms with van der Waals surface area (Å²) in [5.74, 6) is 0.753. The molecule has 4 heteroatoms. The molecule has 0 unspecified atom stereocenters. The highest BCUT2D eigenvalue weighted by Crippen LogP contribution is 2.26. The van der Waals surface area contributed by atoms with Crippen LogP contribution in [0.3, 0.4) is 0 Å². The van der Waals surface area contributed by atoms with Crippen LogP contribution in [0, 0.1) is 5.92 Å². The minimum absolute atomic E-state index is 0.199. The average Bonchev–Trinajstić information content (AvgIpc) is 2.75. The van der Waals surface area contributed by atoms with E-state index in [1.807, 2.05) is 31.3 Å². The van der Waals surface area contributed by atoms with E-state index in [-0.39, 0.29) is 5.91 Å². The summed E-state index contributed by atoms with van der Waals surface area (Å²) in [7, 11) is 1.84. The van der Waals surface area contributed by atoms with Crippen LogP contribution >= 0.6 is 12.2 Å². The zero-order chi connectivity index (χ0) is 15.2. The summed E-state index contributed by atoms with van der Waals surface area (Å²) >= 11 is 4.94. The Labute approximate surface area is 132 Å². The van der Waals surface area contributed by atoms with Gasteiger partial charge >= 0.3 is 0 Å². The van der Waals surface area contributed by atoms with E-state index in [2.05, 4.69) is 0 Å². The summed E-state index contributed by atoms with van der Waals surface area (Å²) in [6.07, 6.45) is 8.23. The highest BCUT2D eigenvalue weighted by atomic mass is 32.1. The molecule has 2 rings (SSSR count). The van der Waals surface area contributed by atoms with Crippen LogP contribution in [0.25, 0.3) is 0 Å². The van der Waals surface area contributed by atoms with Gasteiger partial charge in [0.25, 0.3) is 0 Å². The molecule has 1 aromatic rings. The lowest BCUT2D eigenvalue weighted by Crippen LogP contribution is -2.28. The molecule has 0 radical (unpaired) electrons.